The van der Waals surface area contributed by atoms with Crippen molar-refractivity contribution in [3.63, 3.8) is 0 Å². The van der Waals surface area contributed by atoms with Crippen molar-refractivity contribution in [1.82, 2.24) is 14.3 Å². The van der Waals surface area contributed by atoms with Gasteiger partial charge in [-0.1, -0.05) is 24.3 Å². The van der Waals surface area contributed by atoms with Crippen molar-refractivity contribution in [2.24, 2.45) is 0 Å². The molecule has 0 unspecified atom stereocenters. The molecule has 2 heterocycles. The van der Waals surface area contributed by atoms with Gasteiger partial charge in [0.05, 0.1) is 24.2 Å². The molecule has 146 valence electrons. The van der Waals surface area contributed by atoms with Crippen LogP contribution < -0.4 is 10.1 Å². The number of carbonyl (C=O) groups excluding carboxylic acids is 1. The lowest BCUT2D eigenvalue weighted by molar-refractivity contribution is 0.102. The van der Waals surface area contributed by atoms with Gasteiger partial charge in [-0.3, -0.25) is 4.79 Å². The summed E-state index contributed by atoms with van der Waals surface area (Å²) < 4.78 is 9.07. The molecule has 0 fully saturated rings. The number of anilines is 1. The monoisotopic (exact) mass is 386 g/mol. The zero-order chi connectivity index (χ0) is 20.4. The van der Waals surface area contributed by atoms with E-state index >= 15 is 0 Å². The number of nitrogens with one attached hydrogen (secondary N) is 1. The maximum Gasteiger partial charge on any atom is 0.261 e. The fourth-order valence-corrected chi connectivity index (χ4v) is 3.37. The summed E-state index contributed by atoms with van der Waals surface area (Å²) in [6.07, 6.45) is 3.81. The van der Waals surface area contributed by atoms with Gasteiger partial charge in [-0.05, 0) is 55.8 Å². The van der Waals surface area contributed by atoms with Gasteiger partial charge in [0.2, 0.25) is 0 Å². The predicted octanol–water partition coefficient (Wildman–Crippen LogP) is 4.54. The average Bonchev–Trinajstić information content (AvgIpc) is 3.36. The minimum absolute atomic E-state index is 0.241. The van der Waals surface area contributed by atoms with Crippen molar-refractivity contribution in [3.8, 4) is 17.3 Å². The van der Waals surface area contributed by atoms with Crippen molar-refractivity contribution in [2.45, 2.75) is 13.8 Å². The molecule has 1 amide bonds. The van der Waals surface area contributed by atoms with Crippen molar-refractivity contribution in [1.29, 1.82) is 0 Å². The highest BCUT2D eigenvalue weighted by Gasteiger charge is 2.24. The number of amides is 1. The van der Waals surface area contributed by atoms with E-state index < -0.39 is 0 Å². The summed E-state index contributed by atoms with van der Waals surface area (Å²) in [7, 11) is 1.58. The molecule has 6 nitrogen and oxygen atoms in total. The van der Waals surface area contributed by atoms with Gasteiger partial charge >= 0.3 is 0 Å². The molecule has 0 saturated carbocycles. The van der Waals surface area contributed by atoms with E-state index in [0.717, 1.165) is 11.3 Å². The molecular weight excluding hydrogens is 364 g/mol. The van der Waals surface area contributed by atoms with Crippen LogP contribution in [-0.2, 0) is 0 Å². The van der Waals surface area contributed by atoms with E-state index in [2.05, 4.69) is 10.4 Å². The summed E-state index contributed by atoms with van der Waals surface area (Å²) >= 11 is 0. The average molecular weight is 386 g/mol. The molecule has 0 saturated heterocycles. The topological polar surface area (TPSA) is 61.1 Å². The molecule has 2 aromatic heterocycles. The maximum absolute atomic E-state index is 13.3. The number of nitrogens with zero attached hydrogens (tertiary/aromatic N) is 3. The summed E-state index contributed by atoms with van der Waals surface area (Å²) in [6, 6.07) is 19.2. The third-order valence-electron chi connectivity index (χ3n) is 4.71. The Bertz CT molecular complexity index is 1160. The Hall–Kier alpha value is -3.80. The highest BCUT2D eigenvalue weighted by Crippen LogP contribution is 2.27. The van der Waals surface area contributed by atoms with Gasteiger partial charge in [-0.2, -0.15) is 5.10 Å². The molecule has 0 bridgehead atoms. The lowest BCUT2D eigenvalue weighted by atomic mass is 10.2. The van der Waals surface area contributed by atoms with Crippen LogP contribution in [0.2, 0.25) is 0 Å². The molecule has 4 rings (SSSR count). The summed E-state index contributed by atoms with van der Waals surface area (Å²) in [5, 5.41) is 7.65. The Labute approximate surface area is 169 Å². The largest absolute Gasteiger partial charge is 0.495 e. The van der Waals surface area contributed by atoms with Gasteiger partial charge < -0.3 is 14.6 Å². The van der Waals surface area contributed by atoms with E-state index in [9.17, 15) is 4.79 Å². The molecule has 4 aromatic rings. The van der Waals surface area contributed by atoms with E-state index in [1.165, 1.54) is 0 Å². The van der Waals surface area contributed by atoms with E-state index in [-0.39, 0.29) is 5.91 Å². The molecule has 0 aliphatic rings. The Morgan fingerprint density at radius 1 is 1.00 bits per heavy atom. The third-order valence-corrected chi connectivity index (χ3v) is 4.71. The third kappa shape index (κ3) is 3.52. The SMILES string of the molecule is COc1ccccc1NC(=O)c1c(C)nn(-c2cccc(C)c2)c1-n1cccc1. The molecule has 29 heavy (non-hydrogen) atoms. The second kappa shape index (κ2) is 7.67. The van der Waals surface area contributed by atoms with E-state index in [0.29, 0.717) is 28.5 Å². The van der Waals surface area contributed by atoms with Crippen LogP contribution >= 0.6 is 0 Å². The number of ether oxygens (including phenoxy) is 1. The molecule has 1 N–H and O–H groups in total. The number of carbonyl (C=O) groups is 1. The first-order valence-electron chi connectivity index (χ1n) is 9.33. The van der Waals surface area contributed by atoms with E-state index in [1.54, 1.807) is 11.8 Å². The molecule has 0 aliphatic heterocycles. The molecular formula is C23H22N4O2. The van der Waals surface area contributed by atoms with E-state index in [4.69, 9.17) is 4.74 Å². The molecule has 0 atom stereocenters. The van der Waals surface area contributed by atoms with E-state index in [1.807, 2.05) is 91.5 Å². The van der Waals surface area contributed by atoms with Crippen LogP contribution in [0.25, 0.3) is 11.5 Å². The highest BCUT2D eigenvalue weighted by molar-refractivity contribution is 6.08. The Kier molecular flexibility index (Phi) is 4.91. The Morgan fingerprint density at radius 2 is 1.76 bits per heavy atom. The first-order chi connectivity index (χ1) is 14.1. The summed E-state index contributed by atoms with van der Waals surface area (Å²) in [5.74, 6) is 1.05. The lowest BCUT2D eigenvalue weighted by Crippen LogP contribution is -2.16. The minimum atomic E-state index is -0.241. The lowest BCUT2D eigenvalue weighted by Gasteiger charge is -2.13. The summed E-state index contributed by atoms with van der Waals surface area (Å²) in [6.45, 7) is 3.88. The zero-order valence-electron chi connectivity index (χ0n) is 16.6. The normalized spacial score (nSPS) is 10.7. The molecule has 0 aliphatic carbocycles. The quantitative estimate of drug-likeness (QED) is 0.548. The zero-order valence-corrected chi connectivity index (χ0v) is 16.6. The number of hydrogen-bond donors (Lipinski definition) is 1. The maximum atomic E-state index is 13.3. The Balaban J connectivity index is 1.84. The van der Waals surface area contributed by atoms with Gasteiger partial charge in [0, 0.05) is 12.4 Å². The fraction of sp³-hybridized carbons (Fsp3) is 0.130. The van der Waals surface area contributed by atoms with Crippen LogP contribution in [0.4, 0.5) is 5.69 Å². The summed E-state index contributed by atoms with van der Waals surface area (Å²) in [4.78, 5) is 13.3. The predicted molar refractivity (Wildman–Crippen MR) is 113 cm³/mol. The first kappa shape index (κ1) is 18.6. The molecule has 0 spiro atoms. The fourth-order valence-electron chi connectivity index (χ4n) is 3.37. The van der Waals surface area contributed by atoms with Crippen LogP contribution in [0.5, 0.6) is 5.75 Å². The first-order valence-corrected chi connectivity index (χ1v) is 9.33. The van der Waals surface area contributed by atoms with Crippen LogP contribution in [0.3, 0.4) is 0 Å². The minimum Gasteiger partial charge on any atom is -0.495 e. The van der Waals surface area contributed by atoms with Gasteiger partial charge in [-0.15, -0.1) is 0 Å². The number of aryl methyl sites for hydroxylation is 2. The van der Waals surface area contributed by atoms with Gasteiger partial charge in [0.25, 0.3) is 5.91 Å². The van der Waals surface area contributed by atoms with Crippen molar-refractivity contribution in [2.75, 3.05) is 12.4 Å². The van der Waals surface area contributed by atoms with Crippen LogP contribution in [0.15, 0.2) is 73.1 Å². The van der Waals surface area contributed by atoms with Crippen LogP contribution in [0.1, 0.15) is 21.6 Å². The second-order valence-corrected chi connectivity index (χ2v) is 6.78. The van der Waals surface area contributed by atoms with Gasteiger partial charge in [-0.25, -0.2) is 4.68 Å². The standard InChI is InChI=1S/C23H22N4O2/c1-16-9-8-10-18(15-16)27-23(26-13-6-7-14-26)21(17(2)25-27)22(28)24-19-11-4-5-12-20(19)29-3/h4-15H,1-3H3,(H,24,28). The number of aromatic nitrogens is 3. The number of rotatable bonds is 5. The summed E-state index contributed by atoms with van der Waals surface area (Å²) in [5.41, 5.74) is 3.78. The number of hydrogen-bond acceptors (Lipinski definition) is 3. The highest BCUT2D eigenvalue weighted by atomic mass is 16.5. The molecule has 6 heteroatoms. The van der Waals surface area contributed by atoms with Crippen LogP contribution in [-0.4, -0.2) is 27.4 Å². The van der Waals surface area contributed by atoms with Gasteiger partial charge in [0.15, 0.2) is 5.82 Å². The van der Waals surface area contributed by atoms with Gasteiger partial charge in [0.1, 0.15) is 11.3 Å². The molecule has 0 radical (unpaired) electrons. The molecule has 2 aromatic carbocycles. The number of benzene rings is 2. The number of para-hydroxylation sites is 2. The van der Waals surface area contributed by atoms with Crippen molar-refractivity contribution < 1.29 is 9.53 Å². The Morgan fingerprint density at radius 3 is 2.48 bits per heavy atom. The smallest absolute Gasteiger partial charge is 0.261 e. The van der Waals surface area contributed by atoms with Crippen molar-refractivity contribution >= 4 is 11.6 Å². The van der Waals surface area contributed by atoms with Crippen LogP contribution in [0, 0.1) is 13.8 Å². The second-order valence-electron chi connectivity index (χ2n) is 6.78. The number of methoxy groups -OCH3 is 1. The van der Waals surface area contributed by atoms with Crippen molar-refractivity contribution in [3.05, 3.63) is 89.9 Å².